The van der Waals surface area contributed by atoms with Gasteiger partial charge < -0.3 is 9.84 Å². The van der Waals surface area contributed by atoms with E-state index in [1.165, 1.54) is 5.56 Å². The second kappa shape index (κ2) is 4.97. The van der Waals surface area contributed by atoms with E-state index in [1.807, 2.05) is 19.4 Å². The lowest BCUT2D eigenvalue weighted by Gasteiger charge is -2.25. The SMILES string of the molecule is Cn1cc(CCC2(O)CCCOCC2)cn1. The molecule has 1 fully saturated rings. The molecule has 0 aliphatic carbocycles. The van der Waals surface area contributed by atoms with Crippen LogP contribution in [0.25, 0.3) is 0 Å². The molecule has 0 saturated carbocycles. The molecule has 1 aliphatic heterocycles. The molecular weight excluding hydrogens is 204 g/mol. The van der Waals surface area contributed by atoms with Crippen molar-refractivity contribution in [3.05, 3.63) is 18.0 Å². The lowest BCUT2D eigenvalue weighted by Crippen LogP contribution is -2.29. The second-order valence-electron chi connectivity index (χ2n) is 4.71. The molecular formula is C12H20N2O2. The zero-order valence-corrected chi connectivity index (χ0v) is 9.85. The van der Waals surface area contributed by atoms with Crippen LogP contribution in [0.15, 0.2) is 12.4 Å². The van der Waals surface area contributed by atoms with Gasteiger partial charge in [0.2, 0.25) is 0 Å². The number of hydrogen-bond acceptors (Lipinski definition) is 3. The molecule has 2 heterocycles. The van der Waals surface area contributed by atoms with E-state index in [0.29, 0.717) is 6.61 Å². The van der Waals surface area contributed by atoms with Crippen LogP contribution in [-0.2, 0) is 18.2 Å². The van der Waals surface area contributed by atoms with E-state index in [4.69, 9.17) is 4.74 Å². The van der Waals surface area contributed by atoms with Gasteiger partial charge in [-0.15, -0.1) is 0 Å². The van der Waals surface area contributed by atoms with E-state index in [-0.39, 0.29) is 0 Å². The lowest BCUT2D eigenvalue weighted by molar-refractivity contribution is 0.0110. The van der Waals surface area contributed by atoms with Gasteiger partial charge in [-0.3, -0.25) is 4.68 Å². The molecule has 0 bridgehead atoms. The number of hydrogen-bond donors (Lipinski definition) is 1. The fourth-order valence-corrected chi connectivity index (χ4v) is 2.22. The molecule has 4 nitrogen and oxygen atoms in total. The lowest BCUT2D eigenvalue weighted by atomic mass is 9.89. The van der Waals surface area contributed by atoms with Crippen molar-refractivity contribution in [2.45, 2.75) is 37.7 Å². The van der Waals surface area contributed by atoms with E-state index in [1.54, 1.807) is 4.68 Å². The van der Waals surface area contributed by atoms with Crippen molar-refractivity contribution in [2.24, 2.45) is 7.05 Å². The first-order valence-electron chi connectivity index (χ1n) is 5.96. The van der Waals surface area contributed by atoms with Gasteiger partial charge in [0.15, 0.2) is 0 Å². The molecule has 1 aliphatic rings. The maximum Gasteiger partial charge on any atom is 0.0673 e. The molecule has 1 N–H and O–H groups in total. The maximum absolute atomic E-state index is 10.4. The highest BCUT2D eigenvalue weighted by Crippen LogP contribution is 2.26. The molecule has 0 radical (unpaired) electrons. The van der Waals surface area contributed by atoms with Crippen molar-refractivity contribution in [1.82, 2.24) is 9.78 Å². The Morgan fingerprint density at radius 2 is 2.38 bits per heavy atom. The molecule has 16 heavy (non-hydrogen) atoms. The summed E-state index contributed by atoms with van der Waals surface area (Å²) < 4.78 is 7.17. The summed E-state index contributed by atoms with van der Waals surface area (Å²) in [6, 6.07) is 0. The third kappa shape index (κ3) is 3.06. The standard InChI is InChI=1S/C12H20N2O2/c1-14-10-11(9-13-14)3-5-12(15)4-2-7-16-8-6-12/h9-10,15H,2-8H2,1H3. The molecule has 2 rings (SSSR count). The van der Waals surface area contributed by atoms with Gasteiger partial charge in [-0.25, -0.2) is 0 Å². The zero-order chi connectivity index (χ0) is 11.4. The van der Waals surface area contributed by atoms with Crippen molar-refractivity contribution in [3.63, 3.8) is 0 Å². The van der Waals surface area contributed by atoms with Crippen LogP contribution < -0.4 is 0 Å². The Hall–Kier alpha value is -0.870. The number of rotatable bonds is 3. The van der Waals surface area contributed by atoms with Gasteiger partial charge in [0.25, 0.3) is 0 Å². The third-order valence-electron chi connectivity index (χ3n) is 3.28. The van der Waals surface area contributed by atoms with Crippen LogP contribution in [0.5, 0.6) is 0 Å². The van der Waals surface area contributed by atoms with Crippen molar-refractivity contribution < 1.29 is 9.84 Å². The van der Waals surface area contributed by atoms with Gasteiger partial charge in [0.1, 0.15) is 0 Å². The number of aliphatic hydroxyl groups is 1. The van der Waals surface area contributed by atoms with E-state index in [0.717, 1.165) is 38.7 Å². The van der Waals surface area contributed by atoms with Crippen molar-refractivity contribution >= 4 is 0 Å². The summed E-state index contributed by atoms with van der Waals surface area (Å²) in [5.74, 6) is 0. The van der Waals surface area contributed by atoms with E-state index in [2.05, 4.69) is 5.10 Å². The predicted octanol–water partition coefficient (Wildman–Crippen LogP) is 1.28. The fourth-order valence-electron chi connectivity index (χ4n) is 2.22. The summed E-state index contributed by atoms with van der Waals surface area (Å²) in [7, 11) is 1.91. The van der Waals surface area contributed by atoms with Crippen LogP contribution in [0.1, 0.15) is 31.2 Å². The van der Waals surface area contributed by atoms with Crippen LogP contribution in [-0.4, -0.2) is 33.7 Å². The molecule has 1 saturated heterocycles. The largest absolute Gasteiger partial charge is 0.390 e. The Morgan fingerprint density at radius 3 is 3.12 bits per heavy atom. The maximum atomic E-state index is 10.4. The van der Waals surface area contributed by atoms with Crippen LogP contribution in [0.2, 0.25) is 0 Å². The van der Waals surface area contributed by atoms with Gasteiger partial charge in [-0.2, -0.15) is 5.10 Å². The molecule has 1 aromatic rings. The summed E-state index contributed by atoms with van der Waals surface area (Å²) in [5.41, 5.74) is 0.660. The highest BCUT2D eigenvalue weighted by atomic mass is 16.5. The fraction of sp³-hybridized carbons (Fsp3) is 0.750. The summed E-state index contributed by atoms with van der Waals surface area (Å²) in [6.07, 6.45) is 8.16. The van der Waals surface area contributed by atoms with Crippen LogP contribution in [0.3, 0.4) is 0 Å². The predicted molar refractivity (Wildman–Crippen MR) is 61.1 cm³/mol. The summed E-state index contributed by atoms with van der Waals surface area (Å²) in [4.78, 5) is 0. The Kier molecular flexibility index (Phi) is 3.61. The summed E-state index contributed by atoms with van der Waals surface area (Å²) in [5, 5.41) is 14.5. The van der Waals surface area contributed by atoms with Crippen LogP contribution in [0, 0.1) is 0 Å². The van der Waals surface area contributed by atoms with Gasteiger partial charge in [0, 0.05) is 26.5 Å². The zero-order valence-electron chi connectivity index (χ0n) is 9.85. The van der Waals surface area contributed by atoms with Gasteiger partial charge in [-0.1, -0.05) is 0 Å². The molecule has 1 aromatic heterocycles. The highest BCUT2D eigenvalue weighted by Gasteiger charge is 2.27. The van der Waals surface area contributed by atoms with Crippen molar-refractivity contribution in [3.8, 4) is 0 Å². The Balaban J connectivity index is 1.87. The van der Waals surface area contributed by atoms with Crippen LogP contribution in [0.4, 0.5) is 0 Å². The second-order valence-corrected chi connectivity index (χ2v) is 4.71. The molecule has 0 aromatic carbocycles. The van der Waals surface area contributed by atoms with Crippen molar-refractivity contribution in [1.29, 1.82) is 0 Å². The van der Waals surface area contributed by atoms with Gasteiger partial charge >= 0.3 is 0 Å². The molecule has 1 unspecified atom stereocenters. The minimum atomic E-state index is -0.535. The Bertz CT molecular complexity index is 328. The minimum Gasteiger partial charge on any atom is -0.390 e. The smallest absolute Gasteiger partial charge is 0.0673 e. The summed E-state index contributed by atoms with van der Waals surface area (Å²) >= 11 is 0. The molecule has 90 valence electrons. The average molecular weight is 224 g/mol. The minimum absolute atomic E-state index is 0.535. The molecule has 0 amide bonds. The topological polar surface area (TPSA) is 47.3 Å². The van der Waals surface area contributed by atoms with Gasteiger partial charge in [0.05, 0.1) is 11.8 Å². The van der Waals surface area contributed by atoms with Gasteiger partial charge in [-0.05, 0) is 37.7 Å². The quantitative estimate of drug-likeness (QED) is 0.841. The third-order valence-corrected chi connectivity index (χ3v) is 3.28. The monoisotopic (exact) mass is 224 g/mol. The first-order valence-corrected chi connectivity index (χ1v) is 5.96. The first-order chi connectivity index (χ1) is 7.68. The van der Waals surface area contributed by atoms with Crippen LogP contribution >= 0.6 is 0 Å². The highest BCUT2D eigenvalue weighted by molar-refractivity contribution is 5.04. The first kappa shape index (κ1) is 11.6. The normalized spacial score (nSPS) is 26.6. The summed E-state index contributed by atoms with van der Waals surface area (Å²) in [6.45, 7) is 1.47. The molecule has 1 atom stereocenters. The van der Waals surface area contributed by atoms with Crippen molar-refractivity contribution in [2.75, 3.05) is 13.2 Å². The number of nitrogens with zero attached hydrogens (tertiary/aromatic N) is 2. The Morgan fingerprint density at radius 1 is 1.50 bits per heavy atom. The van der Waals surface area contributed by atoms with E-state index < -0.39 is 5.60 Å². The van der Waals surface area contributed by atoms with E-state index >= 15 is 0 Å². The molecule has 4 heteroatoms. The number of aryl methyl sites for hydroxylation is 2. The average Bonchev–Trinajstić information content (AvgIpc) is 2.54. The molecule has 0 spiro atoms. The Labute approximate surface area is 96.2 Å². The number of aromatic nitrogens is 2. The van der Waals surface area contributed by atoms with E-state index in [9.17, 15) is 5.11 Å². The number of ether oxygens (including phenoxy) is 1.